The summed E-state index contributed by atoms with van der Waals surface area (Å²) in [5.41, 5.74) is 4.08. The van der Waals surface area contributed by atoms with Crippen molar-refractivity contribution in [1.29, 1.82) is 5.26 Å². The number of fused-ring (bicyclic) bond motifs is 1. The first-order chi connectivity index (χ1) is 16.2. The highest BCUT2D eigenvalue weighted by atomic mass is 19.1. The molecular weight excluding hydrogens is 437 g/mol. The Labute approximate surface area is 197 Å². The fourth-order valence-corrected chi connectivity index (χ4v) is 3.82. The number of anilines is 3. The minimum Gasteiger partial charge on any atom is -0.366 e. The zero-order valence-corrected chi connectivity index (χ0v) is 19.5. The summed E-state index contributed by atoms with van der Waals surface area (Å²) in [6.45, 7) is 6.45. The van der Waals surface area contributed by atoms with Crippen LogP contribution in [-0.2, 0) is 22.6 Å². The van der Waals surface area contributed by atoms with E-state index in [9.17, 15) is 14.4 Å². The Balaban J connectivity index is 1.47. The van der Waals surface area contributed by atoms with E-state index in [1.807, 2.05) is 51.1 Å². The van der Waals surface area contributed by atoms with E-state index in [1.54, 1.807) is 16.9 Å². The van der Waals surface area contributed by atoms with E-state index in [0.29, 0.717) is 41.4 Å². The van der Waals surface area contributed by atoms with E-state index in [0.717, 1.165) is 11.3 Å². The molecule has 34 heavy (non-hydrogen) atoms. The highest BCUT2D eigenvalue weighted by Gasteiger charge is 2.33. The summed E-state index contributed by atoms with van der Waals surface area (Å²) in [4.78, 5) is 18.9. The van der Waals surface area contributed by atoms with Crippen molar-refractivity contribution in [3.63, 3.8) is 0 Å². The number of nitrogens with zero attached hydrogens (tertiary/aromatic N) is 5. The molecule has 4 rings (SSSR count). The van der Waals surface area contributed by atoms with Crippen molar-refractivity contribution >= 4 is 23.1 Å². The standard InChI is InChI=1S/C24H26FN7O2/c1-14(2)34-24-23(33)30-22-15(3)29-21(8-20(22)31(24)4)27-10-16-11-28-32(12-16)13-17-5-6-19(25)7-18(17)9-26/h5-8,11-12,14,24H,10,13H2,1-4H3,(H,27,29)(H,30,33). The van der Waals surface area contributed by atoms with E-state index in [1.165, 1.54) is 12.1 Å². The first kappa shape index (κ1) is 23.2. The van der Waals surface area contributed by atoms with E-state index < -0.39 is 12.0 Å². The van der Waals surface area contributed by atoms with Gasteiger partial charge >= 0.3 is 0 Å². The SMILES string of the molecule is Cc1nc(NCc2cnn(Cc3ccc(F)cc3C#N)c2)cc2c1NC(=O)C(OC(C)C)N2C. The van der Waals surface area contributed by atoms with Crippen molar-refractivity contribution < 1.29 is 13.9 Å². The molecule has 3 aromatic rings. The van der Waals surface area contributed by atoms with Gasteiger partial charge in [-0.15, -0.1) is 0 Å². The van der Waals surface area contributed by atoms with Crippen LogP contribution in [0.4, 0.5) is 21.6 Å². The number of aryl methyl sites for hydroxylation is 1. The van der Waals surface area contributed by atoms with Gasteiger partial charge in [-0.1, -0.05) is 6.07 Å². The van der Waals surface area contributed by atoms with Crippen molar-refractivity contribution in [2.24, 2.45) is 0 Å². The quantitative estimate of drug-likeness (QED) is 0.553. The Morgan fingerprint density at radius 3 is 2.88 bits per heavy atom. The molecule has 1 unspecified atom stereocenters. The van der Waals surface area contributed by atoms with Crippen LogP contribution in [0.25, 0.3) is 0 Å². The van der Waals surface area contributed by atoms with Crippen LogP contribution in [0.2, 0.25) is 0 Å². The predicted octanol–water partition coefficient (Wildman–Crippen LogP) is 3.40. The highest BCUT2D eigenvalue weighted by Crippen LogP contribution is 2.35. The van der Waals surface area contributed by atoms with Gasteiger partial charge in [0.15, 0.2) is 0 Å². The third-order valence-electron chi connectivity index (χ3n) is 5.47. The van der Waals surface area contributed by atoms with Crippen LogP contribution in [0, 0.1) is 24.1 Å². The third-order valence-corrected chi connectivity index (χ3v) is 5.47. The Kier molecular flexibility index (Phi) is 6.47. The lowest BCUT2D eigenvalue weighted by atomic mass is 10.1. The van der Waals surface area contributed by atoms with Crippen molar-refractivity contribution in [1.82, 2.24) is 14.8 Å². The molecule has 0 aliphatic carbocycles. The number of hydrogen-bond donors (Lipinski definition) is 2. The molecule has 9 nitrogen and oxygen atoms in total. The number of carbonyl (C=O) groups excluding carboxylic acids is 1. The number of likely N-dealkylation sites (N-methyl/N-ethyl adjacent to an activating group) is 1. The van der Waals surface area contributed by atoms with Crippen molar-refractivity contribution in [3.05, 3.63) is 64.9 Å². The Hall–Kier alpha value is -3.97. The van der Waals surface area contributed by atoms with Crippen LogP contribution in [0.3, 0.4) is 0 Å². The number of nitrogens with one attached hydrogen (secondary N) is 2. The molecule has 1 amide bonds. The summed E-state index contributed by atoms with van der Waals surface area (Å²) in [5.74, 6) is -0.00571. The fraction of sp³-hybridized carbons (Fsp3) is 0.333. The van der Waals surface area contributed by atoms with Gasteiger partial charge in [0.05, 0.1) is 47.5 Å². The Bertz CT molecular complexity index is 1260. The van der Waals surface area contributed by atoms with Crippen LogP contribution in [0.5, 0.6) is 0 Å². The molecule has 3 heterocycles. The van der Waals surface area contributed by atoms with Crippen LogP contribution < -0.4 is 15.5 Å². The number of amides is 1. The maximum atomic E-state index is 13.4. The van der Waals surface area contributed by atoms with Gasteiger partial charge in [-0.2, -0.15) is 10.4 Å². The van der Waals surface area contributed by atoms with E-state index >= 15 is 0 Å². The van der Waals surface area contributed by atoms with Crippen molar-refractivity contribution in [2.75, 3.05) is 22.6 Å². The zero-order valence-electron chi connectivity index (χ0n) is 19.5. The van der Waals surface area contributed by atoms with Crippen LogP contribution in [-0.4, -0.2) is 40.1 Å². The molecule has 10 heteroatoms. The van der Waals surface area contributed by atoms with E-state index in [-0.39, 0.29) is 12.0 Å². The van der Waals surface area contributed by atoms with E-state index in [4.69, 9.17) is 4.74 Å². The van der Waals surface area contributed by atoms with Crippen LogP contribution in [0.1, 0.15) is 36.2 Å². The normalized spacial score (nSPS) is 15.1. The highest BCUT2D eigenvalue weighted by molar-refractivity contribution is 6.03. The minimum absolute atomic E-state index is 0.101. The first-order valence-electron chi connectivity index (χ1n) is 10.9. The van der Waals surface area contributed by atoms with E-state index in [2.05, 4.69) is 20.7 Å². The number of halogens is 1. The molecule has 1 aliphatic heterocycles. The van der Waals surface area contributed by atoms with Gasteiger partial charge in [0.25, 0.3) is 5.91 Å². The molecule has 2 N–H and O–H groups in total. The van der Waals surface area contributed by atoms with Gasteiger partial charge in [-0.25, -0.2) is 9.37 Å². The number of benzene rings is 1. The van der Waals surface area contributed by atoms with Crippen molar-refractivity contribution in [3.8, 4) is 6.07 Å². The molecule has 0 saturated heterocycles. The average Bonchev–Trinajstić information content (AvgIpc) is 3.24. The zero-order chi connectivity index (χ0) is 24.4. The van der Waals surface area contributed by atoms with Gasteiger partial charge in [0.1, 0.15) is 11.6 Å². The van der Waals surface area contributed by atoms with Gasteiger partial charge in [-0.3, -0.25) is 9.48 Å². The molecule has 1 aromatic carbocycles. The number of aromatic nitrogens is 3. The van der Waals surface area contributed by atoms with Gasteiger partial charge < -0.3 is 20.3 Å². The smallest absolute Gasteiger partial charge is 0.274 e. The molecule has 2 aromatic heterocycles. The molecule has 0 saturated carbocycles. The predicted molar refractivity (Wildman–Crippen MR) is 126 cm³/mol. The van der Waals surface area contributed by atoms with Gasteiger partial charge in [0, 0.05) is 31.4 Å². The molecule has 0 spiro atoms. The lowest BCUT2D eigenvalue weighted by molar-refractivity contribution is -0.130. The molecule has 1 aliphatic rings. The second-order valence-electron chi connectivity index (χ2n) is 8.44. The minimum atomic E-state index is -0.717. The maximum absolute atomic E-state index is 13.4. The lowest BCUT2D eigenvalue weighted by Gasteiger charge is -2.36. The topological polar surface area (TPSA) is 108 Å². The van der Waals surface area contributed by atoms with Crippen LogP contribution >= 0.6 is 0 Å². The number of nitriles is 1. The average molecular weight is 464 g/mol. The third kappa shape index (κ3) is 4.84. The van der Waals surface area contributed by atoms with Gasteiger partial charge in [0.2, 0.25) is 6.23 Å². The first-order valence-corrected chi connectivity index (χ1v) is 10.9. The fourth-order valence-electron chi connectivity index (χ4n) is 3.82. The second kappa shape index (κ2) is 9.49. The monoisotopic (exact) mass is 463 g/mol. The van der Waals surface area contributed by atoms with Crippen LogP contribution in [0.15, 0.2) is 36.7 Å². The molecule has 1 atom stereocenters. The summed E-state index contributed by atoms with van der Waals surface area (Å²) in [6.07, 6.45) is 2.77. The molecule has 0 fully saturated rings. The largest absolute Gasteiger partial charge is 0.366 e. The summed E-state index contributed by atoms with van der Waals surface area (Å²) in [5, 5.41) is 19.8. The molecule has 176 valence electrons. The summed E-state index contributed by atoms with van der Waals surface area (Å²) < 4.78 is 20.9. The number of pyridine rings is 1. The number of ether oxygens (including phenoxy) is 1. The summed E-state index contributed by atoms with van der Waals surface area (Å²) in [7, 11) is 1.82. The van der Waals surface area contributed by atoms with Gasteiger partial charge in [-0.05, 0) is 38.5 Å². The Morgan fingerprint density at radius 2 is 2.15 bits per heavy atom. The maximum Gasteiger partial charge on any atom is 0.274 e. The summed E-state index contributed by atoms with van der Waals surface area (Å²) >= 11 is 0. The second-order valence-corrected chi connectivity index (χ2v) is 8.44. The number of carbonyl (C=O) groups is 1. The number of rotatable bonds is 7. The number of hydrogen-bond acceptors (Lipinski definition) is 7. The summed E-state index contributed by atoms with van der Waals surface area (Å²) in [6, 6.07) is 8.05. The molecule has 0 bridgehead atoms. The molecule has 0 radical (unpaired) electrons. The Morgan fingerprint density at radius 1 is 1.35 bits per heavy atom. The lowest BCUT2D eigenvalue weighted by Crippen LogP contribution is -2.49. The van der Waals surface area contributed by atoms with Crippen molar-refractivity contribution in [2.45, 2.75) is 46.2 Å². The molecular formula is C24H26FN7O2.